The quantitative estimate of drug-likeness (QED) is 0.143. The second-order valence-electron chi connectivity index (χ2n) is 9.49. The van der Waals surface area contributed by atoms with E-state index in [4.69, 9.17) is 13.9 Å². The van der Waals surface area contributed by atoms with Crippen LogP contribution in [0.5, 0.6) is 11.5 Å². The summed E-state index contributed by atoms with van der Waals surface area (Å²) in [5, 5.41) is 12.8. The number of hydrogen-bond donors (Lipinski definition) is 2. The van der Waals surface area contributed by atoms with E-state index in [2.05, 4.69) is 10.3 Å². The van der Waals surface area contributed by atoms with Gasteiger partial charge in [-0.25, -0.2) is 9.78 Å². The molecule has 0 fully saturated rings. The van der Waals surface area contributed by atoms with Crippen molar-refractivity contribution < 1.29 is 28.6 Å². The van der Waals surface area contributed by atoms with Gasteiger partial charge in [-0.1, -0.05) is 49.4 Å². The van der Waals surface area contributed by atoms with E-state index in [9.17, 15) is 14.7 Å². The van der Waals surface area contributed by atoms with Crippen molar-refractivity contribution in [2.24, 2.45) is 0 Å². The van der Waals surface area contributed by atoms with Gasteiger partial charge in [0.25, 0.3) is 0 Å². The van der Waals surface area contributed by atoms with Crippen LogP contribution in [0.2, 0.25) is 0 Å². The van der Waals surface area contributed by atoms with Gasteiger partial charge in [-0.05, 0) is 55.3 Å². The van der Waals surface area contributed by atoms with E-state index in [1.165, 1.54) is 6.08 Å². The van der Waals surface area contributed by atoms with Crippen LogP contribution in [0.1, 0.15) is 40.7 Å². The highest BCUT2D eigenvalue weighted by Crippen LogP contribution is 2.24. The summed E-state index contributed by atoms with van der Waals surface area (Å²) >= 11 is 0. The molecule has 212 valence electrons. The molecule has 0 saturated carbocycles. The van der Waals surface area contributed by atoms with Crippen LogP contribution in [0.15, 0.2) is 95.1 Å². The lowest BCUT2D eigenvalue weighted by Crippen LogP contribution is -2.38. The maximum Gasteiger partial charge on any atom is 0.326 e. The number of oxazole rings is 1. The zero-order chi connectivity index (χ0) is 29.2. The Balaban J connectivity index is 1.31. The van der Waals surface area contributed by atoms with Crippen LogP contribution < -0.4 is 14.8 Å². The maximum atomic E-state index is 12.6. The number of rotatable bonds is 14. The van der Waals surface area contributed by atoms with Crippen molar-refractivity contribution in [1.82, 2.24) is 10.3 Å². The number of aryl methyl sites for hydroxylation is 1. The van der Waals surface area contributed by atoms with Gasteiger partial charge in [-0.2, -0.15) is 0 Å². The highest BCUT2D eigenvalue weighted by molar-refractivity contribution is 6.04. The molecule has 1 atom stereocenters. The summed E-state index contributed by atoms with van der Waals surface area (Å²) in [7, 11) is 1.62. The van der Waals surface area contributed by atoms with E-state index in [-0.39, 0.29) is 12.2 Å². The summed E-state index contributed by atoms with van der Waals surface area (Å²) in [5.74, 6) is 1.58. The van der Waals surface area contributed by atoms with E-state index < -0.39 is 12.0 Å². The number of carbonyl (C=O) groups excluding carboxylic acids is 1. The predicted molar refractivity (Wildman–Crippen MR) is 156 cm³/mol. The molecule has 4 aromatic rings. The standard InChI is InChI=1S/C33H34N2O6/c1-4-26(21-31(36)24-8-6-5-7-9-24)34-30(33(37)38)20-23-10-14-28(15-11-23)40-19-18-29-22(2)41-32(35-29)25-12-16-27(39-3)17-13-25/h5-17,21,30,34H,4,18-20H2,1-3H3,(H,37,38)/b26-21-/t30-/m0/s1. The first-order chi connectivity index (χ1) is 19.9. The molecule has 0 aliphatic carbocycles. The van der Waals surface area contributed by atoms with E-state index in [0.29, 0.717) is 42.3 Å². The second-order valence-corrected chi connectivity index (χ2v) is 9.49. The summed E-state index contributed by atoms with van der Waals surface area (Å²) in [6, 6.07) is 22.9. The van der Waals surface area contributed by atoms with Crippen molar-refractivity contribution in [2.75, 3.05) is 13.7 Å². The smallest absolute Gasteiger partial charge is 0.326 e. The fourth-order valence-electron chi connectivity index (χ4n) is 4.25. The monoisotopic (exact) mass is 554 g/mol. The first-order valence-corrected chi connectivity index (χ1v) is 13.5. The summed E-state index contributed by atoms with van der Waals surface area (Å²) in [6.45, 7) is 4.17. The molecule has 0 saturated heterocycles. The summed E-state index contributed by atoms with van der Waals surface area (Å²) in [4.78, 5) is 29.2. The van der Waals surface area contributed by atoms with Crippen LogP contribution >= 0.6 is 0 Å². The number of allylic oxidation sites excluding steroid dienone is 2. The topological polar surface area (TPSA) is 111 Å². The van der Waals surface area contributed by atoms with Crippen molar-refractivity contribution in [3.63, 3.8) is 0 Å². The Labute approximate surface area is 239 Å². The lowest BCUT2D eigenvalue weighted by Gasteiger charge is -2.18. The Morgan fingerprint density at radius 1 is 1.00 bits per heavy atom. The van der Waals surface area contributed by atoms with E-state index in [0.717, 1.165) is 28.3 Å². The zero-order valence-electron chi connectivity index (χ0n) is 23.4. The maximum absolute atomic E-state index is 12.6. The van der Waals surface area contributed by atoms with Crippen molar-refractivity contribution in [3.05, 3.63) is 113 Å². The van der Waals surface area contributed by atoms with Crippen LogP contribution in [0.4, 0.5) is 0 Å². The van der Waals surface area contributed by atoms with Crippen molar-refractivity contribution >= 4 is 11.8 Å². The van der Waals surface area contributed by atoms with Gasteiger partial charge in [0.2, 0.25) is 5.89 Å². The van der Waals surface area contributed by atoms with Gasteiger partial charge < -0.3 is 24.3 Å². The lowest BCUT2D eigenvalue weighted by atomic mass is 10.0. The molecule has 4 rings (SSSR count). The van der Waals surface area contributed by atoms with Gasteiger partial charge in [0, 0.05) is 35.7 Å². The minimum Gasteiger partial charge on any atom is -0.497 e. The number of aliphatic carboxylic acids is 1. The van der Waals surface area contributed by atoms with E-state index >= 15 is 0 Å². The summed E-state index contributed by atoms with van der Waals surface area (Å²) in [6.07, 6.45) is 2.80. The number of carboxylic acid groups (broad SMARTS) is 1. The van der Waals surface area contributed by atoms with Crippen LogP contribution in [-0.2, 0) is 17.6 Å². The molecular formula is C33H34N2O6. The highest BCUT2D eigenvalue weighted by atomic mass is 16.5. The average molecular weight is 555 g/mol. The Hall–Kier alpha value is -4.85. The van der Waals surface area contributed by atoms with Gasteiger partial charge in [-0.3, -0.25) is 4.79 Å². The van der Waals surface area contributed by atoms with Crippen molar-refractivity contribution in [1.29, 1.82) is 0 Å². The zero-order valence-corrected chi connectivity index (χ0v) is 23.4. The molecular weight excluding hydrogens is 520 g/mol. The Kier molecular flexibility index (Phi) is 9.94. The van der Waals surface area contributed by atoms with Crippen LogP contribution in [0.3, 0.4) is 0 Å². The number of ether oxygens (including phenoxy) is 2. The Morgan fingerprint density at radius 3 is 2.32 bits per heavy atom. The van der Waals surface area contributed by atoms with E-state index in [1.54, 1.807) is 31.4 Å². The molecule has 0 bridgehead atoms. The van der Waals surface area contributed by atoms with Gasteiger partial charge >= 0.3 is 5.97 Å². The number of nitrogens with zero attached hydrogens (tertiary/aromatic N) is 1. The normalized spacial score (nSPS) is 12.0. The lowest BCUT2D eigenvalue weighted by molar-refractivity contribution is -0.139. The largest absolute Gasteiger partial charge is 0.497 e. The highest BCUT2D eigenvalue weighted by Gasteiger charge is 2.19. The number of hydrogen-bond acceptors (Lipinski definition) is 7. The summed E-state index contributed by atoms with van der Waals surface area (Å²) in [5.41, 5.74) is 3.66. The average Bonchev–Trinajstić information content (AvgIpc) is 3.37. The Bertz CT molecular complexity index is 1470. The number of ketones is 1. The number of carboxylic acids is 1. The van der Waals surface area contributed by atoms with Gasteiger partial charge in [-0.15, -0.1) is 0 Å². The minimum absolute atomic E-state index is 0.168. The number of carbonyl (C=O) groups is 2. The fourth-order valence-corrected chi connectivity index (χ4v) is 4.25. The molecule has 0 spiro atoms. The molecule has 0 aliphatic rings. The fraction of sp³-hybridized carbons (Fsp3) is 0.242. The Morgan fingerprint density at radius 2 is 1.68 bits per heavy atom. The molecule has 0 amide bonds. The summed E-state index contributed by atoms with van der Waals surface area (Å²) < 4.78 is 17.0. The molecule has 8 heteroatoms. The molecule has 1 aromatic heterocycles. The predicted octanol–water partition coefficient (Wildman–Crippen LogP) is 6.04. The molecule has 8 nitrogen and oxygen atoms in total. The number of methoxy groups -OCH3 is 1. The van der Waals surface area contributed by atoms with E-state index in [1.807, 2.05) is 68.4 Å². The molecule has 0 unspecified atom stereocenters. The molecule has 41 heavy (non-hydrogen) atoms. The molecule has 2 N–H and O–H groups in total. The first-order valence-electron chi connectivity index (χ1n) is 13.5. The van der Waals surface area contributed by atoms with Crippen LogP contribution in [0.25, 0.3) is 11.5 Å². The van der Waals surface area contributed by atoms with Gasteiger partial charge in [0.05, 0.1) is 19.4 Å². The van der Waals surface area contributed by atoms with Crippen LogP contribution in [-0.4, -0.2) is 41.6 Å². The van der Waals surface area contributed by atoms with Gasteiger partial charge in [0.15, 0.2) is 5.78 Å². The first kappa shape index (κ1) is 29.1. The number of nitrogens with one attached hydrogen (secondary N) is 1. The van der Waals surface area contributed by atoms with Gasteiger partial charge in [0.1, 0.15) is 23.3 Å². The third-order valence-corrected chi connectivity index (χ3v) is 6.60. The number of aromatic nitrogens is 1. The van der Waals surface area contributed by atoms with Crippen molar-refractivity contribution in [3.8, 4) is 23.0 Å². The SMILES string of the molecule is CC/C(=C/C(=O)c1ccccc1)N[C@@H](Cc1ccc(OCCc2nc(-c3ccc(OC)cc3)oc2C)cc1)C(=O)O. The van der Waals surface area contributed by atoms with Crippen LogP contribution in [0, 0.1) is 6.92 Å². The number of benzene rings is 3. The van der Waals surface area contributed by atoms with Crippen molar-refractivity contribution in [2.45, 2.75) is 39.2 Å². The third-order valence-electron chi connectivity index (χ3n) is 6.60. The minimum atomic E-state index is -0.992. The molecule has 3 aromatic carbocycles. The molecule has 1 heterocycles. The second kappa shape index (κ2) is 14.0. The third kappa shape index (κ3) is 8.08. The molecule has 0 aliphatic heterocycles. The molecule has 0 radical (unpaired) electrons.